The molecule has 0 saturated heterocycles. The summed E-state index contributed by atoms with van der Waals surface area (Å²) in [6.07, 6.45) is 0.690. The zero-order valence-electron chi connectivity index (χ0n) is 10.9. The number of urea groups is 1. The average molecular weight is 251 g/mol. The van der Waals surface area contributed by atoms with Crippen molar-refractivity contribution in [2.45, 2.75) is 19.4 Å². The van der Waals surface area contributed by atoms with Crippen LogP contribution in [0.2, 0.25) is 0 Å². The van der Waals surface area contributed by atoms with Gasteiger partial charge in [-0.25, -0.2) is 4.79 Å². The molecule has 1 rings (SSSR count). The average Bonchev–Trinajstić information content (AvgIpc) is 2.32. The summed E-state index contributed by atoms with van der Waals surface area (Å²) in [6.45, 7) is 3.03. The fourth-order valence-corrected chi connectivity index (χ4v) is 1.48. The minimum atomic E-state index is -0.219. The Labute approximate surface area is 108 Å². The fraction of sp³-hybridized carbons (Fsp3) is 0.462. The number of amides is 2. The van der Waals surface area contributed by atoms with Crippen LogP contribution in [0.5, 0.6) is 0 Å². The number of methoxy groups -OCH3 is 1. The Morgan fingerprint density at radius 3 is 2.67 bits per heavy atom. The van der Waals surface area contributed by atoms with Gasteiger partial charge < -0.3 is 21.1 Å². The Bertz CT molecular complexity index is 365. The highest BCUT2D eigenvalue weighted by molar-refractivity contribution is 5.89. The van der Waals surface area contributed by atoms with Crippen molar-refractivity contribution in [1.82, 2.24) is 5.32 Å². The van der Waals surface area contributed by atoms with Crippen molar-refractivity contribution < 1.29 is 9.53 Å². The Kier molecular flexibility index (Phi) is 6.18. The minimum absolute atomic E-state index is 0.0466. The number of hydrogen-bond donors (Lipinski definition) is 3. The van der Waals surface area contributed by atoms with Gasteiger partial charge in [0.2, 0.25) is 0 Å². The van der Waals surface area contributed by atoms with Crippen LogP contribution in [0.15, 0.2) is 24.3 Å². The molecule has 0 aliphatic heterocycles. The monoisotopic (exact) mass is 251 g/mol. The lowest BCUT2D eigenvalue weighted by Crippen LogP contribution is -2.34. The molecule has 1 aromatic carbocycles. The number of hydrogen-bond acceptors (Lipinski definition) is 3. The molecule has 0 bridgehead atoms. The maximum absolute atomic E-state index is 11.5. The first-order valence-corrected chi connectivity index (χ1v) is 5.98. The van der Waals surface area contributed by atoms with Gasteiger partial charge in [-0.2, -0.15) is 0 Å². The molecule has 1 atom stereocenters. The summed E-state index contributed by atoms with van der Waals surface area (Å²) in [4.78, 5) is 11.5. The van der Waals surface area contributed by atoms with Gasteiger partial charge in [0.05, 0.1) is 6.61 Å². The molecule has 0 spiro atoms. The predicted molar refractivity (Wildman–Crippen MR) is 72.7 cm³/mol. The van der Waals surface area contributed by atoms with Crippen LogP contribution in [-0.4, -0.2) is 32.3 Å². The first-order chi connectivity index (χ1) is 8.61. The number of ether oxygens (including phenoxy) is 1. The molecule has 0 fully saturated rings. The van der Waals surface area contributed by atoms with E-state index in [1.54, 1.807) is 7.11 Å². The van der Waals surface area contributed by atoms with E-state index in [0.29, 0.717) is 19.6 Å². The zero-order chi connectivity index (χ0) is 13.4. The van der Waals surface area contributed by atoms with Gasteiger partial charge in [-0.3, -0.25) is 0 Å². The highest BCUT2D eigenvalue weighted by atomic mass is 16.5. The molecule has 4 N–H and O–H groups in total. The summed E-state index contributed by atoms with van der Waals surface area (Å²) in [5.41, 5.74) is 7.68. The van der Waals surface area contributed by atoms with Crippen molar-refractivity contribution in [2.75, 3.05) is 25.6 Å². The van der Waals surface area contributed by atoms with Gasteiger partial charge in [-0.05, 0) is 25.5 Å². The van der Waals surface area contributed by atoms with Crippen LogP contribution < -0.4 is 16.4 Å². The number of benzene rings is 1. The van der Waals surface area contributed by atoms with Crippen LogP contribution in [0.25, 0.3) is 0 Å². The predicted octanol–water partition coefficient (Wildman–Crippen LogP) is 1.48. The molecule has 0 saturated carbocycles. The van der Waals surface area contributed by atoms with E-state index < -0.39 is 0 Å². The van der Waals surface area contributed by atoms with Crippen molar-refractivity contribution in [2.24, 2.45) is 5.73 Å². The number of rotatable bonds is 6. The molecule has 0 radical (unpaired) electrons. The number of carbonyl (C=O) groups excluding carboxylic acids is 1. The topological polar surface area (TPSA) is 76.4 Å². The number of nitrogens with two attached hydrogens (primary N) is 1. The van der Waals surface area contributed by atoms with Gasteiger partial charge in [0.15, 0.2) is 0 Å². The molecule has 2 amide bonds. The third kappa shape index (κ3) is 5.65. The largest absolute Gasteiger partial charge is 0.383 e. The van der Waals surface area contributed by atoms with Gasteiger partial charge in [-0.1, -0.05) is 17.7 Å². The summed E-state index contributed by atoms with van der Waals surface area (Å²) < 4.78 is 4.91. The summed E-state index contributed by atoms with van der Waals surface area (Å²) >= 11 is 0. The van der Waals surface area contributed by atoms with E-state index in [0.717, 1.165) is 11.3 Å². The normalized spacial score (nSPS) is 11.9. The Morgan fingerprint density at radius 1 is 1.39 bits per heavy atom. The van der Waals surface area contributed by atoms with Crippen LogP contribution in [0.3, 0.4) is 0 Å². The van der Waals surface area contributed by atoms with E-state index in [1.807, 2.05) is 31.2 Å². The molecule has 0 aliphatic carbocycles. The molecule has 18 heavy (non-hydrogen) atoms. The maximum Gasteiger partial charge on any atom is 0.319 e. The van der Waals surface area contributed by atoms with E-state index in [-0.39, 0.29) is 12.1 Å². The first-order valence-electron chi connectivity index (χ1n) is 5.98. The molecule has 0 aliphatic rings. The summed E-state index contributed by atoms with van der Waals surface area (Å²) in [6, 6.07) is 7.36. The Morgan fingerprint density at radius 2 is 2.06 bits per heavy atom. The SMILES string of the molecule is COCC(N)CCNC(=O)Nc1ccc(C)cc1. The first kappa shape index (κ1) is 14.5. The fourth-order valence-electron chi connectivity index (χ4n) is 1.48. The van der Waals surface area contributed by atoms with Crippen LogP contribution in [0, 0.1) is 6.92 Å². The van der Waals surface area contributed by atoms with E-state index in [2.05, 4.69) is 10.6 Å². The van der Waals surface area contributed by atoms with Crippen molar-refractivity contribution in [1.29, 1.82) is 0 Å². The molecule has 100 valence electrons. The Hall–Kier alpha value is -1.59. The lowest BCUT2D eigenvalue weighted by molar-refractivity contribution is 0.177. The second-order valence-electron chi connectivity index (χ2n) is 4.25. The van der Waals surface area contributed by atoms with Crippen LogP contribution >= 0.6 is 0 Å². The van der Waals surface area contributed by atoms with Crippen molar-refractivity contribution in [3.8, 4) is 0 Å². The molecule has 0 aromatic heterocycles. The third-order valence-electron chi connectivity index (χ3n) is 2.49. The minimum Gasteiger partial charge on any atom is -0.383 e. The lowest BCUT2D eigenvalue weighted by Gasteiger charge is -2.11. The van der Waals surface area contributed by atoms with Crippen molar-refractivity contribution in [3.63, 3.8) is 0 Å². The van der Waals surface area contributed by atoms with Gasteiger partial charge in [0, 0.05) is 25.4 Å². The molecular weight excluding hydrogens is 230 g/mol. The standard InChI is InChI=1S/C13H21N3O2/c1-10-3-5-12(6-4-10)16-13(17)15-8-7-11(14)9-18-2/h3-6,11H,7-9,14H2,1-2H3,(H2,15,16,17). The maximum atomic E-state index is 11.5. The third-order valence-corrected chi connectivity index (χ3v) is 2.49. The highest BCUT2D eigenvalue weighted by Crippen LogP contribution is 2.07. The Balaban J connectivity index is 2.23. The smallest absolute Gasteiger partial charge is 0.319 e. The van der Waals surface area contributed by atoms with Gasteiger partial charge in [0.1, 0.15) is 0 Å². The lowest BCUT2D eigenvalue weighted by atomic mass is 10.2. The van der Waals surface area contributed by atoms with E-state index >= 15 is 0 Å². The summed E-state index contributed by atoms with van der Waals surface area (Å²) in [7, 11) is 1.61. The van der Waals surface area contributed by atoms with Crippen LogP contribution in [0.1, 0.15) is 12.0 Å². The van der Waals surface area contributed by atoms with E-state index in [1.165, 1.54) is 0 Å². The van der Waals surface area contributed by atoms with Crippen molar-refractivity contribution in [3.05, 3.63) is 29.8 Å². The molecule has 1 unspecified atom stereocenters. The number of carbonyl (C=O) groups is 1. The van der Waals surface area contributed by atoms with Gasteiger partial charge >= 0.3 is 6.03 Å². The second kappa shape index (κ2) is 7.68. The molecule has 1 aromatic rings. The van der Waals surface area contributed by atoms with Crippen LogP contribution in [0.4, 0.5) is 10.5 Å². The number of anilines is 1. The second-order valence-corrected chi connectivity index (χ2v) is 4.25. The van der Waals surface area contributed by atoms with Gasteiger partial charge in [0.25, 0.3) is 0 Å². The molecular formula is C13H21N3O2. The van der Waals surface area contributed by atoms with E-state index in [9.17, 15) is 4.79 Å². The summed E-state index contributed by atoms with van der Waals surface area (Å²) in [5, 5.41) is 5.50. The number of aryl methyl sites for hydroxylation is 1. The summed E-state index contributed by atoms with van der Waals surface area (Å²) in [5.74, 6) is 0. The number of nitrogens with one attached hydrogen (secondary N) is 2. The molecule has 5 heteroatoms. The van der Waals surface area contributed by atoms with E-state index in [4.69, 9.17) is 10.5 Å². The van der Waals surface area contributed by atoms with Crippen molar-refractivity contribution >= 4 is 11.7 Å². The van der Waals surface area contributed by atoms with Crippen LogP contribution in [-0.2, 0) is 4.74 Å². The van der Waals surface area contributed by atoms with Gasteiger partial charge in [-0.15, -0.1) is 0 Å². The zero-order valence-corrected chi connectivity index (χ0v) is 10.9. The quantitative estimate of drug-likeness (QED) is 0.716. The molecule has 5 nitrogen and oxygen atoms in total. The highest BCUT2D eigenvalue weighted by Gasteiger charge is 2.04. The molecule has 0 heterocycles.